The molecular weight excluding hydrogens is 727 g/mol. The fourth-order valence-electron chi connectivity index (χ4n) is 10.6. The van der Waals surface area contributed by atoms with Gasteiger partial charge in [0.2, 0.25) is 0 Å². The molecule has 0 saturated carbocycles. The summed E-state index contributed by atoms with van der Waals surface area (Å²) in [6.45, 7) is 4.76. The number of nitrogens with zero attached hydrogens (tertiary/aromatic N) is 1. The van der Waals surface area contributed by atoms with Gasteiger partial charge in [-0.3, -0.25) is 0 Å². The Morgan fingerprint density at radius 2 is 0.817 bits per heavy atom. The Bertz CT molecular complexity index is 3230. The molecule has 0 bridgehead atoms. The van der Waals surface area contributed by atoms with Crippen molar-refractivity contribution in [2.45, 2.75) is 24.7 Å². The quantitative estimate of drug-likeness (QED) is 0.173. The van der Waals surface area contributed by atoms with E-state index in [-0.39, 0.29) is 5.41 Å². The smallest absolute Gasteiger partial charge is 0.137 e. The molecule has 0 atom stereocenters. The van der Waals surface area contributed by atoms with Gasteiger partial charge in [0.15, 0.2) is 0 Å². The molecule has 2 heteroatoms. The van der Waals surface area contributed by atoms with E-state index in [1.165, 1.54) is 66.8 Å². The average Bonchev–Trinajstić information content (AvgIpc) is 3.82. The van der Waals surface area contributed by atoms with E-state index in [0.717, 1.165) is 39.0 Å². The van der Waals surface area contributed by atoms with E-state index in [9.17, 15) is 0 Å². The van der Waals surface area contributed by atoms with Crippen LogP contribution in [0.3, 0.4) is 0 Å². The number of fused-ring (bicyclic) bond motifs is 12. The van der Waals surface area contributed by atoms with E-state index in [4.69, 9.17) is 4.42 Å². The lowest BCUT2D eigenvalue weighted by Crippen LogP contribution is -2.40. The van der Waals surface area contributed by atoms with E-state index in [1.807, 2.05) is 12.1 Å². The Morgan fingerprint density at radius 3 is 1.50 bits per heavy atom. The van der Waals surface area contributed by atoms with Crippen LogP contribution in [-0.4, -0.2) is 0 Å². The van der Waals surface area contributed by atoms with Gasteiger partial charge in [0, 0.05) is 39.3 Å². The molecule has 0 aliphatic heterocycles. The van der Waals surface area contributed by atoms with Gasteiger partial charge in [0.1, 0.15) is 11.2 Å². The molecule has 1 aromatic heterocycles. The summed E-state index contributed by atoms with van der Waals surface area (Å²) in [5, 5.41) is 2.25. The third-order valence-electron chi connectivity index (χ3n) is 13.4. The predicted octanol–water partition coefficient (Wildman–Crippen LogP) is 15.4. The minimum absolute atomic E-state index is 0.118. The SMILES string of the molecule is CC1(C)c2ccccc2C2(c3ccccc3-c3cc(-c4ccc(N(c5ccc(-c6ccccc6)cc5)c5ccc6c(c5)oc5ccccc56)cc4)ccc32)c2ccccc21. The average molecular weight is 768 g/mol. The Labute approximate surface area is 350 Å². The predicted molar refractivity (Wildman–Crippen MR) is 249 cm³/mol. The Morgan fingerprint density at radius 1 is 0.333 bits per heavy atom. The normalized spacial score (nSPS) is 14.1. The van der Waals surface area contributed by atoms with E-state index >= 15 is 0 Å². The highest BCUT2D eigenvalue weighted by molar-refractivity contribution is 6.06. The van der Waals surface area contributed by atoms with Crippen molar-refractivity contribution in [2.24, 2.45) is 0 Å². The summed E-state index contributed by atoms with van der Waals surface area (Å²) in [6.07, 6.45) is 0. The molecule has 0 unspecified atom stereocenters. The highest BCUT2D eigenvalue weighted by atomic mass is 16.3. The molecule has 1 heterocycles. The van der Waals surface area contributed by atoms with Gasteiger partial charge >= 0.3 is 0 Å². The fourth-order valence-corrected chi connectivity index (χ4v) is 10.6. The molecule has 0 saturated heterocycles. The Hall–Kier alpha value is -7.42. The summed E-state index contributed by atoms with van der Waals surface area (Å²) in [4.78, 5) is 2.33. The lowest BCUT2D eigenvalue weighted by Gasteiger charge is -2.46. The maximum atomic E-state index is 6.39. The lowest BCUT2D eigenvalue weighted by molar-refractivity contribution is 0.563. The van der Waals surface area contributed by atoms with Crippen molar-refractivity contribution in [1.29, 1.82) is 0 Å². The van der Waals surface area contributed by atoms with Crippen LogP contribution < -0.4 is 4.90 Å². The summed E-state index contributed by atoms with van der Waals surface area (Å²) in [5.74, 6) is 0. The minimum atomic E-state index is -0.394. The van der Waals surface area contributed by atoms with Gasteiger partial charge in [-0.1, -0.05) is 172 Å². The standard InChI is InChI=1S/C58H41NO/c1-57(2)51-19-9-11-21-53(51)58(54-22-12-10-20-52(54)57)49-18-8-6-16-45(49)48-36-41(28-35-50(48)58)40-26-31-43(32-27-40)59(42-29-24-39(25-30-42)38-14-4-3-5-15-38)44-33-34-47-46-17-7-13-23-55(46)60-56(47)37-44/h3-37H,1-2H3. The molecule has 0 fully saturated rings. The molecule has 9 aromatic carbocycles. The first-order valence-electron chi connectivity index (χ1n) is 20.9. The first-order chi connectivity index (χ1) is 29.5. The van der Waals surface area contributed by atoms with Crippen LogP contribution in [0.2, 0.25) is 0 Å². The van der Waals surface area contributed by atoms with E-state index in [2.05, 4.69) is 219 Å². The number of hydrogen-bond donors (Lipinski definition) is 0. The van der Waals surface area contributed by atoms with Gasteiger partial charge < -0.3 is 9.32 Å². The first-order valence-corrected chi connectivity index (χ1v) is 20.9. The van der Waals surface area contributed by atoms with Crippen molar-refractivity contribution >= 4 is 39.0 Å². The molecule has 2 aliphatic carbocycles. The number of hydrogen-bond acceptors (Lipinski definition) is 2. The maximum absolute atomic E-state index is 6.39. The molecule has 1 spiro atoms. The van der Waals surface area contributed by atoms with Crippen molar-refractivity contribution < 1.29 is 4.42 Å². The highest BCUT2D eigenvalue weighted by Crippen LogP contribution is 2.62. The zero-order valence-electron chi connectivity index (χ0n) is 33.6. The van der Waals surface area contributed by atoms with Gasteiger partial charge in [-0.05, 0) is 115 Å². The molecule has 284 valence electrons. The second-order valence-corrected chi connectivity index (χ2v) is 16.8. The second-order valence-electron chi connectivity index (χ2n) is 16.8. The third-order valence-corrected chi connectivity index (χ3v) is 13.4. The van der Waals surface area contributed by atoms with Crippen LogP contribution in [0.5, 0.6) is 0 Å². The Kier molecular flexibility index (Phi) is 7.52. The molecule has 2 aliphatic rings. The minimum Gasteiger partial charge on any atom is -0.456 e. The number of anilines is 3. The number of rotatable bonds is 5. The van der Waals surface area contributed by atoms with E-state index in [0.29, 0.717) is 0 Å². The summed E-state index contributed by atoms with van der Waals surface area (Å²) < 4.78 is 6.39. The van der Waals surface area contributed by atoms with Crippen molar-refractivity contribution in [3.63, 3.8) is 0 Å². The molecule has 0 amide bonds. The van der Waals surface area contributed by atoms with Gasteiger partial charge in [-0.15, -0.1) is 0 Å². The number of furan rings is 1. The molecule has 60 heavy (non-hydrogen) atoms. The third kappa shape index (κ3) is 4.94. The van der Waals surface area contributed by atoms with E-state index in [1.54, 1.807) is 0 Å². The zero-order valence-corrected chi connectivity index (χ0v) is 33.6. The largest absolute Gasteiger partial charge is 0.456 e. The van der Waals surface area contributed by atoms with Crippen LogP contribution in [0.4, 0.5) is 17.1 Å². The van der Waals surface area contributed by atoms with Crippen LogP contribution in [-0.2, 0) is 10.8 Å². The number of benzene rings is 9. The summed E-state index contributed by atoms with van der Waals surface area (Å²) in [5.41, 5.74) is 20.1. The van der Waals surface area contributed by atoms with Crippen molar-refractivity contribution in [2.75, 3.05) is 4.90 Å². The second kappa shape index (κ2) is 13.0. The molecular formula is C58H41NO. The lowest BCUT2D eigenvalue weighted by atomic mass is 9.55. The maximum Gasteiger partial charge on any atom is 0.137 e. The molecule has 2 nitrogen and oxygen atoms in total. The highest BCUT2D eigenvalue weighted by Gasteiger charge is 2.53. The van der Waals surface area contributed by atoms with Crippen LogP contribution in [0.25, 0.3) is 55.3 Å². The van der Waals surface area contributed by atoms with Gasteiger partial charge in [0.05, 0.1) is 5.41 Å². The molecule has 0 N–H and O–H groups in total. The van der Waals surface area contributed by atoms with Crippen LogP contribution in [0.1, 0.15) is 47.2 Å². The van der Waals surface area contributed by atoms with Gasteiger partial charge in [0.25, 0.3) is 0 Å². The molecule has 0 radical (unpaired) electrons. The monoisotopic (exact) mass is 767 g/mol. The first kappa shape index (κ1) is 34.6. The number of para-hydroxylation sites is 1. The molecule has 10 aromatic rings. The fraction of sp³-hybridized carbons (Fsp3) is 0.0690. The van der Waals surface area contributed by atoms with Crippen molar-refractivity contribution in [3.05, 3.63) is 246 Å². The topological polar surface area (TPSA) is 16.4 Å². The van der Waals surface area contributed by atoms with Crippen molar-refractivity contribution in [3.8, 4) is 33.4 Å². The van der Waals surface area contributed by atoms with Gasteiger partial charge in [-0.2, -0.15) is 0 Å². The van der Waals surface area contributed by atoms with Crippen LogP contribution in [0.15, 0.2) is 217 Å². The Balaban J connectivity index is 0.977. The van der Waals surface area contributed by atoms with E-state index < -0.39 is 5.41 Å². The van der Waals surface area contributed by atoms with Crippen LogP contribution in [0, 0.1) is 0 Å². The summed E-state index contributed by atoms with van der Waals surface area (Å²) in [6, 6.07) is 77.8. The summed E-state index contributed by atoms with van der Waals surface area (Å²) >= 11 is 0. The zero-order chi connectivity index (χ0) is 40.0. The van der Waals surface area contributed by atoms with Gasteiger partial charge in [-0.25, -0.2) is 0 Å². The van der Waals surface area contributed by atoms with Crippen LogP contribution >= 0.6 is 0 Å². The summed E-state index contributed by atoms with van der Waals surface area (Å²) in [7, 11) is 0. The molecule has 12 rings (SSSR count). The van der Waals surface area contributed by atoms with Crippen molar-refractivity contribution in [1.82, 2.24) is 0 Å².